The molecule has 0 aromatic heterocycles. The topological polar surface area (TPSA) is 3.24 Å². The second-order valence-electron chi connectivity index (χ2n) is 8.51. The van der Waals surface area contributed by atoms with Crippen molar-refractivity contribution in [1.82, 2.24) is 0 Å². The highest BCUT2D eigenvalue weighted by Crippen LogP contribution is 2.40. The lowest BCUT2D eigenvalue weighted by atomic mass is 9.77. The second-order valence-corrected chi connectivity index (χ2v) is 8.51. The summed E-state index contributed by atoms with van der Waals surface area (Å²) in [6, 6.07) is 4.83. The number of hydrogen-bond donors (Lipinski definition) is 0. The lowest BCUT2D eigenvalue weighted by molar-refractivity contribution is 0.565. The van der Waals surface area contributed by atoms with Crippen molar-refractivity contribution in [2.75, 3.05) is 19.0 Å². The van der Waals surface area contributed by atoms with Crippen LogP contribution in [0.4, 0.5) is 5.69 Å². The summed E-state index contributed by atoms with van der Waals surface area (Å²) >= 11 is 0. The van der Waals surface area contributed by atoms with Gasteiger partial charge < -0.3 is 4.90 Å². The normalized spacial score (nSPS) is 12.9. The molecular formula is C19H33N. The fraction of sp³-hybridized carbons (Fsp3) is 0.684. The minimum atomic E-state index is 0.157. The Morgan fingerprint density at radius 2 is 1.35 bits per heavy atom. The van der Waals surface area contributed by atoms with Crippen LogP contribution in [0.15, 0.2) is 12.1 Å². The van der Waals surface area contributed by atoms with E-state index in [9.17, 15) is 0 Å². The highest BCUT2D eigenvalue weighted by Gasteiger charge is 2.26. The van der Waals surface area contributed by atoms with Gasteiger partial charge in [0.05, 0.1) is 0 Å². The van der Waals surface area contributed by atoms with E-state index in [1.807, 2.05) is 0 Å². The molecule has 1 aromatic carbocycles. The Bertz CT molecular complexity index is 468. The van der Waals surface area contributed by atoms with Crippen molar-refractivity contribution in [2.45, 2.75) is 72.1 Å². The van der Waals surface area contributed by atoms with Crippen LogP contribution in [0.25, 0.3) is 0 Å². The average molecular weight is 275 g/mol. The van der Waals surface area contributed by atoms with Crippen molar-refractivity contribution in [3.63, 3.8) is 0 Å². The SMILES string of the molecule is CC(C)c1cc(C(C)(C)C)cc(C(C)(C)C)c1N(C)C. The molecule has 0 spiro atoms. The zero-order valence-electron chi connectivity index (χ0n) is 15.2. The summed E-state index contributed by atoms with van der Waals surface area (Å²) in [6.07, 6.45) is 0. The third-order valence-electron chi connectivity index (χ3n) is 3.88. The molecule has 1 rings (SSSR count). The van der Waals surface area contributed by atoms with Gasteiger partial charge in [0.1, 0.15) is 0 Å². The van der Waals surface area contributed by atoms with E-state index in [2.05, 4.69) is 86.5 Å². The second kappa shape index (κ2) is 5.42. The van der Waals surface area contributed by atoms with Crippen LogP contribution in [0.1, 0.15) is 78.0 Å². The van der Waals surface area contributed by atoms with Gasteiger partial charge in [-0.05, 0) is 33.4 Å². The summed E-state index contributed by atoms with van der Waals surface area (Å²) in [5, 5.41) is 0. The molecular weight excluding hydrogens is 242 g/mol. The van der Waals surface area contributed by atoms with Crippen LogP contribution in [0.3, 0.4) is 0 Å². The van der Waals surface area contributed by atoms with Gasteiger partial charge in [-0.15, -0.1) is 0 Å². The van der Waals surface area contributed by atoms with Crippen LogP contribution in [0, 0.1) is 0 Å². The van der Waals surface area contributed by atoms with Gasteiger partial charge in [0.25, 0.3) is 0 Å². The van der Waals surface area contributed by atoms with E-state index in [1.165, 1.54) is 22.4 Å². The molecule has 1 heteroatoms. The van der Waals surface area contributed by atoms with Gasteiger partial charge in [-0.3, -0.25) is 0 Å². The predicted octanol–water partition coefficient (Wildman–Crippen LogP) is 5.47. The minimum absolute atomic E-state index is 0.157. The van der Waals surface area contributed by atoms with Crippen LogP contribution in [-0.4, -0.2) is 14.1 Å². The molecule has 0 unspecified atom stereocenters. The molecule has 0 atom stereocenters. The van der Waals surface area contributed by atoms with E-state index < -0.39 is 0 Å². The first-order valence-corrected chi connectivity index (χ1v) is 7.72. The average Bonchev–Trinajstić information content (AvgIpc) is 2.24. The summed E-state index contributed by atoms with van der Waals surface area (Å²) in [5.74, 6) is 0.538. The summed E-state index contributed by atoms with van der Waals surface area (Å²) in [7, 11) is 4.32. The van der Waals surface area contributed by atoms with Crippen LogP contribution in [0.5, 0.6) is 0 Å². The highest BCUT2D eigenvalue weighted by atomic mass is 15.1. The zero-order valence-corrected chi connectivity index (χ0v) is 15.2. The molecule has 0 saturated carbocycles. The lowest BCUT2D eigenvalue weighted by Gasteiger charge is -2.33. The Morgan fingerprint density at radius 1 is 0.850 bits per heavy atom. The zero-order chi connectivity index (χ0) is 15.9. The van der Waals surface area contributed by atoms with Crippen molar-refractivity contribution in [3.05, 3.63) is 28.8 Å². The smallest absolute Gasteiger partial charge is 0.0434 e. The quantitative estimate of drug-likeness (QED) is 0.691. The number of benzene rings is 1. The van der Waals surface area contributed by atoms with Gasteiger partial charge in [0, 0.05) is 19.8 Å². The fourth-order valence-corrected chi connectivity index (χ4v) is 2.60. The van der Waals surface area contributed by atoms with Crippen LogP contribution in [-0.2, 0) is 10.8 Å². The van der Waals surface area contributed by atoms with Crippen molar-refractivity contribution in [1.29, 1.82) is 0 Å². The summed E-state index contributed by atoms with van der Waals surface area (Å²) < 4.78 is 0. The number of hydrogen-bond acceptors (Lipinski definition) is 1. The van der Waals surface area contributed by atoms with Gasteiger partial charge in [-0.2, -0.15) is 0 Å². The maximum Gasteiger partial charge on any atom is 0.0434 e. The lowest BCUT2D eigenvalue weighted by Crippen LogP contribution is -2.23. The third kappa shape index (κ3) is 3.56. The molecule has 114 valence electrons. The number of anilines is 1. The predicted molar refractivity (Wildman–Crippen MR) is 92.3 cm³/mol. The Hall–Kier alpha value is -0.980. The van der Waals surface area contributed by atoms with Crippen LogP contribution in [0.2, 0.25) is 0 Å². The van der Waals surface area contributed by atoms with E-state index in [0.29, 0.717) is 5.92 Å². The fourth-order valence-electron chi connectivity index (χ4n) is 2.60. The van der Waals surface area contributed by atoms with Gasteiger partial charge >= 0.3 is 0 Å². The molecule has 0 N–H and O–H groups in total. The van der Waals surface area contributed by atoms with E-state index in [1.54, 1.807) is 0 Å². The van der Waals surface area contributed by atoms with Crippen molar-refractivity contribution in [2.24, 2.45) is 0 Å². The molecule has 0 saturated heterocycles. The Kier molecular flexibility index (Phi) is 4.63. The van der Waals surface area contributed by atoms with E-state index >= 15 is 0 Å². The van der Waals surface area contributed by atoms with Gasteiger partial charge in [0.2, 0.25) is 0 Å². The standard InChI is InChI=1S/C19H33N/c1-13(2)15-11-14(18(3,4)5)12-16(19(6,7)8)17(15)20(9)10/h11-13H,1-10H3. The Balaban J connectivity index is 3.74. The maximum absolute atomic E-state index is 2.42. The van der Waals surface area contributed by atoms with Crippen molar-refractivity contribution < 1.29 is 0 Å². The Labute approximate surface area is 126 Å². The minimum Gasteiger partial charge on any atom is -0.377 e. The van der Waals surface area contributed by atoms with E-state index in [4.69, 9.17) is 0 Å². The van der Waals surface area contributed by atoms with Gasteiger partial charge in [0.15, 0.2) is 0 Å². The molecule has 20 heavy (non-hydrogen) atoms. The Morgan fingerprint density at radius 3 is 1.65 bits per heavy atom. The molecule has 1 nitrogen and oxygen atoms in total. The van der Waals surface area contributed by atoms with E-state index in [-0.39, 0.29) is 10.8 Å². The molecule has 0 amide bonds. The largest absolute Gasteiger partial charge is 0.377 e. The molecule has 0 aliphatic heterocycles. The summed E-state index contributed by atoms with van der Waals surface area (Å²) in [6.45, 7) is 18.4. The molecule has 0 aliphatic carbocycles. The monoisotopic (exact) mass is 275 g/mol. The number of rotatable bonds is 2. The molecule has 1 aromatic rings. The van der Waals surface area contributed by atoms with Gasteiger partial charge in [-0.1, -0.05) is 67.5 Å². The third-order valence-corrected chi connectivity index (χ3v) is 3.88. The summed E-state index contributed by atoms with van der Waals surface area (Å²) in [4.78, 5) is 2.28. The van der Waals surface area contributed by atoms with Gasteiger partial charge in [-0.25, -0.2) is 0 Å². The van der Waals surface area contributed by atoms with Crippen LogP contribution < -0.4 is 4.90 Å². The number of nitrogens with zero attached hydrogens (tertiary/aromatic N) is 1. The summed E-state index contributed by atoms with van der Waals surface area (Å²) in [5.41, 5.74) is 6.11. The first-order chi connectivity index (χ1) is 8.85. The maximum atomic E-state index is 2.42. The first-order valence-electron chi connectivity index (χ1n) is 7.72. The molecule has 0 aliphatic rings. The molecule has 0 bridgehead atoms. The van der Waals surface area contributed by atoms with Crippen LogP contribution >= 0.6 is 0 Å². The highest BCUT2D eigenvalue weighted by molar-refractivity contribution is 5.64. The van der Waals surface area contributed by atoms with Crippen molar-refractivity contribution in [3.8, 4) is 0 Å². The molecule has 0 fully saturated rings. The molecule has 0 radical (unpaired) electrons. The van der Waals surface area contributed by atoms with E-state index in [0.717, 1.165) is 0 Å². The first kappa shape index (κ1) is 17.1. The van der Waals surface area contributed by atoms with Crippen molar-refractivity contribution >= 4 is 5.69 Å². The molecule has 0 heterocycles.